The van der Waals surface area contributed by atoms with Crippen LogP contribution in [0.2, 0.25) is 0 Å². The first-order valence-electron chi connectivity index (χ1n) is 16.4. The molecule has 1 fully saturated rings. The lowest BCUT2D eigenvalue weighted by Crippen LogP contribution is -2.77. The number of hydrogen-bond acceptors (Lipinski definition) is 3. The van der Waals surface area contributed by atoms with Crippen molar-refractivity contribution in [3.8, 4) is 0 Å². The summed E-state index contributed by atoms with van der Waals surface area (Å²) in [6.07, 6.45) is -4.51. The molecule has 0 aliphatic carbocycles. The molecule has 0 spiro atoms. The molecule has 1 saturated heterocycles. The number of nitrogens with one attached hydrogen (secondary N) is 1. The van der Waals surface area contributed by atoms with Gasteiger partial charge in [-0.15, -0.1) is 11.6 Å². The zero-order valence-electron chi connectivity index (χ0n) is 27.4. The highest BCUT2D eigenvalue weighted by atomic mass is 35.5. The van der Waals surface area contributed by atoms with Gasteiger partial charge in [-0.25, -0.2) is 0 Å². The van der Waals surface area contributed by atoms with Gasteiger partial charge < -0.3 is 10.2 Å². The number of likely N-dealkylation sites (tertiary alicyclic amines) is 1. The van der Waals surface area contributed by atoms with Crippen molar-refractivity contribution in [3.05, 3.63) is 179 Å². The second-order valence-electron chi connectivity index (χ2n) is 12.6. The van der Waals surface area contributed by atoms with E-state index < -0.39 is 34.6 Å². The van der Waals surface area contributed by atoms with Gasteiger partial charge in [0.05, 0.1) is 17.6 Å². The summed E-state index contributed by atoms with van der Waals surface area (Å²) in [6.45, 7) is 1.73. The summed E-state index contributed by atoms with van der Waals surface area (Å²) < 4.78 is 40.3. The van der Waals surface area contributed by atoms with Gasteiger partial charge >= 0.3 is 6.18 Å². The molecule has 1 unspecified atom stereocenters. The van der Waals surface area contributed by atoms with E-state index >= 15 is 0 Å². The van der Waals surface area contributed by atoms with Gasteiger partial charge in [0.15, 0.2) is 0 Å². The Bertz CT molecular complexity index is 1790. The number of rotatable bonds is 11. The first kappa shape index (κ1) is 34.9. The molecule has 1 heterocycles. The first-order chi connectivity index (χ1) is 24.1. The molecule has 50 heavy (non-hydrogen) atoms. The predicted molar refractivity (Wildman–Crippen MR) is 189 cm³/mol. The number of alkyl halides is 4. The normalized spacial score (nSPS) is 14.9. The third-order valence-corrected chi connectivity index (χ3v) is 9.42. The van der Waals surface area contributed by atoms with E-state index in [1.807, 2.05) is 121 Å². The van der Waals surface area contributed by atoms with Crippen LogP contribution in [0.5, 0.6) is 0 Å². The van der Waals surface area contributed by atoms with Gasteiger partial charge in [0.25, 0.3) is 0 Å². The Morgan fingerprint density at radius 1 is 0.720 bits per heavy atom. The maximum absolute atomic E-state index is 15.0. The van der Waals surface area contributed by atoms with Gasteiger partial charge in [0.2, 0.25) is 11.8 Å². The van der Waals surface area contributed by atoms with E-state index in [0.29, 0.717) is 5.56 Å². The van der Waals surface area contributed by atoms with Crippen LogP contribution in [0, 0.1) is 0 Å². The summed E-state index contributed by atoms with van der Waals surface area (Å²) in [7, 11) is 0. The van der Waals surface area contributed by atoms with Crippen LogP contribution in [-0.4, -0.2) is 45.6 Å². The van der Waals surface area contributed by atoms with E-state index in [1.54, 1.807) is 6.92 Å². The van der Waals surface area contributed by atoms with E-state index in [0.717, 1.165) is 34.4 Å². The van der Waals surface area contributed by atoms with Crippen LogP contribution >= 0.6 is 11.6 Å². The van der Waals surface area contributed by atoms with E-state index in [1.165, 1.54) is 17.0 Å². The fraction of sp³-hybridized carbons (Fsp3) is 0.220. The van der Waals surface area contributed by atoms with Crippen LogP contribution in [0.25, 0.3) is 0 Å². The van der Waals surface area contributed by atoms with Gasteiger partial charge in [0, 0.05) is 19.6 Å². The molecule has 256 valence electrons. The molecule has 6 rings (SSSR count). The Morgan fingerprint density at radius 2 is 1.14 bits per heavy atom. The largest absolute Gasteiger partial charge is 0.416 e. The van der Waals surface area contributed by atoms with Gasteiger partial charge in [-0.1, -0.05) is 133 Å². The van der Waals surface area contributed by atoms with E-state index in [9.17, 15) is 22.8 Å². The molecule has 1 N–H and O–H groups in total. The highest BCUT2D eigenvalue weighted by Crippen LogP contribution is 2.41. The number of halogens is 4. The molecule has 0 aromatic heterocycles. The first-order valence-corrected chi connectivity index (χ1v) is 16.9. The topological polar surface area (TPSA) is 52.7 Å². The number of nitrogens with zero attached hydrogens (tertiary/aromatic N) is 2. The van der Waals surface area contributed by atoms with Crippen LogP contribution < -0.4 is 5.32 Å². The SMILES string of the molecule is CC(Cl)C(=O)N(Cc1ccc(C(F)(F)F)cc1)C1(C(=O)NC(c2ccccc2)c2ccccc2)CN(C(c2ccccc2)c2ccccc2)C1. The van der Waals surface area contributed by atoms with Crippen molar-refractivity contribution in [2.24, 2.45) is 0 Å². The molecule has 0 radical (unpaired) electrons. The number of hydrogen-bond donors (Lipinski definition) is 1. The van der Waals surface area contributed by atoms with Crippen molar-refractivity contribution < 1.29 is 22.8 Å². The number of carbonyl (C=O) groups is 2. The number of amides is 2. The molecule has 1 aliphatic rings. The molecule has 5 nitrogen and oxygen atoms in total. The Balaban J connectivity index is 1.43. The average molecular weight is 696 g/mol. The van der Waals surface area contributed by atoms with Crippen molar-refractivity contribution in [2.75, 3.05) is 13.1 Å². The Hall–Kier alpha value is -4.92. The molecule has 1 atom stereocenters. The van der Waals surface area contributed by atoms with Crippen molar-refractivity contribution in [2.45, 2.75) is 42.6 Å². The quantitative estimate of drug-likeness (QED) is 0.141. The molecule has 5 aromatic rings. The minimum absolute atomic E-state index is 0.113. The zero-order chi connectivity index (χ0) is 35.3. The second kappa shape index (κ2) is 14.9. The standard InChI is InChI=1S/C41H37ClF3N3O2/c1-29(42)38(49)48(26-30-22-24-35(25-23-30)41(43,44)45)40(39(50)46-36(31-14-6-2-7-15-31)32-16-8-3-9-17-32)27-47(28-40)37(33-18-10-4-11-19-33)34-20-12-5-13-21-34/h2-25,29,36-37H,26-28H2,1H3,(H,46,50). The molecular formula is C41H37ClF3N3O2. The summed E-state index contributed by atoms with van der Waals surface area (Å²) in [5.41, 5.74) is 1.99. The molecule has 5 aromatic carbocycles. The number of carbonyl (C=O) groups excluding carboxylic acids is 2. The van der Waals surface area contributed by atoms with E-state index in [4.69, 9.17) is 11.6 Å². The Morgan fingerprint density at radius 3 is 1.54 bits per heavy atom. The summed E-state index contributed by atoms with van der Waals surface area (Å²) in [4.78, 5) is 32.6. The highest BCUT2D eigenvalue weighted by Gasteiger charge is 2.57. The van der Waals surface area contributed by atoms with Crippen LogP contribution in [0.3, 0.4) is 0 Å². The predicted octanol–water partition coefficient (Wildman–Crippen LogP) is 8.41. The van der Waals surface area contributed by atoms with Gasteiger partial charge in [-0.3, -0.25) is 14.5 Å². The minimum Gasteiger partial charge on any atom is -0.343 e. The molecule has 2 amide bonds. The van der Waals surface area contributed by atoms with Crippen LogP contribution in [0.1, 0.15) is 52.4 Å². The monoisotopic (exact) mass is 695 g/mol. The lowest BCUT2D eigenvalue weighted by Gasteiger charge is -2.57. The molecule has 0 bridgehead atoms. The summed E-state index contributed by atoms with van der Waals surface area (Å²) >= 11 is 6.47. The zero-order valence-corrected chi connectivity index (χ0v) is 28.2. The van der Waals surface area contributed by atoms with Crippen LogP contribution in [0.4, 0.5) is 13.2 Å². The Kier molecular flexibility index (Phi) is 10.4. The third-order valence-electron chi connectivity index (χ3n) is 9.23. The molecule has 1 aliphatic heterocycles. The lowest BCUT2D eigenvalue weighted by molar-refractivity contribution is -0.163. The van der Waals surface area contributed by atoms with E-state index in [2.05, 4.69) is 10.2 Å². The lowest BCUT2D eigenvalue weighted by atomic mass is 9.81. The average Bonchev–Trinajstić information content (AvgIpc) is 3.12. The Labute approximate surface area is 295 Å². The smallest absolute Gasteiger partial charge is 0.343 e. The highest BCUT2D eigenvalue weighted by molar-refractivity contribution is 6.30. The van der Waals surface area contributed by atoms with E-state index in [-0.39, 0.29) is 31.6 Å². The summed E-state index contributed by atoms with van der Waals surface area (Å²) in [6, 6.07) is 42.9. The van der Waals surface area contributed by atoms with Crippen molar-refractivity contribution in [1.29, 1.82) is 0 Å². The second-order valence-corrected chi connectivity index (χ2v) is 13.3. The maximum atomic E-state index is 15.0. The maximum Gasteiger partial charge on any atom is 0.416 e. The summed E-state index contributed by atoms with van der Waals surface area (Å²) in [5.74, 6) is -0.878. The van der Waals surface area contributed by atoms with Crippen molar-refractivity contribution in [1.82, 2.24) is 15.1 Å². The summed E-state index contributed by atoms with van der Waals surface area (Å²) in [5, 5.41) is 2.27. The van der Waals surface area contributed by atoms with Crippen LogP contribution in [-0.2, 0) is 22.3 Å². The van der Waals surface area contributed by atoms with Gasteiger partial charge in [0.1, 0.15) is 10.9 Å². The van der Waals surface area contributed by atoms with Crippen molar-refractivity contribution in [3.63, 3.8) is 0 Å². The van der Waals surface area contributed by atoms with Gasteiger partial charge in [-0.2, -0.15) is 13.2 Å². The fourth-order valence-corrected chi connectivity index (χ4v) is 6.80. The minimum atomic E-state index is -4.51. The molecular weight excluding hydrogens is 659 g/mol. The molecule has 9 heteroatoms. The fourth-order valence-electron chi connectivity index (χ4n) is 6.68. The number of benzene rings is 5. The molecule has 0 saturated carbocycles. The van der Waals surface area contributed by atoms with Crippen molar-refractivity contribution >= 4 is 23.4 Å². The van der Waals surface area contributed by atoms with Crippen LogP contribution in [0.15, 0.2) is 146 Å². The third kappa shape index (κ3) is 7.47. The van der Waals surface area contributed by atoms with Gasteiger partial charge in [-0.05, 0) is 46.9 Å².